The summed E-state index contributed by atoms with van der Waals surface area (Å²) in [6.07, 6.45) is 7.05. The summed E-state index contributed by atoms with van der Waals surface area (Å²) in [5.41, 5.74) is 4.77. The Bertz CT molecular complexity index is 1200. The number of allylic oxidation sites excluding steroid dienone is 2. The van der Waals surface area contributed by atoms with Gasteiger partial charge in [-0.25, -0.2) is 4.98 Å². The van der Waals surface area contributed by atoms with Gasteiger partial charge in [0.2, 0.25) is 11.8 Å². The number of hydrogen-bond donors (Lipinski definition) is 2. The minimum absolute atomic E-state index is 0.0453. The topological polar surface area (TPSA) is 78.1 Å². The molecular formula is C29H38N4O2. The van der Waals surface area contributed by atoms with Crippen LogP contribution in [0.5, 0.6) is 0 Å². The van der Waals surface area contributed by atoms with Crippen molar-refractivity contribution < 1.29 is 9.59 Å². The Morgan fingerprint density at radius 3 is 2.77 bits per heavy atom. The third-order valence-electron chi connectivity index (χ3n) is 10.5. The van der Waals surface area contributed by atoms with E-state index in [1.807, 2.05) is 36.2 Å². The Morgan fingerprint density at radius 1 is 1.17 bits per heavy atom. The van der Waals surface area contributed by atoms with Gasteiger partial charge in [-0.15, -0.1) is 0 Å². The van der Waals surface area contributed by atoms with Crippen LogP contribution in [0, 0.1) is 34.5 Å². The summed E-state index contributed by atoms with van der Waals surface area (Å²) in [7, 11) is 1.98. The van der Waals surface area contributed by atoms with Crippen molar-refractivity contribution in [3.8, 4) is 0 Å². The van der Waals surface area contributed by atoms with Crippen LogP contribution in [0.15, 0.2) is 35.5 Å². The summed E-state index contributed by atoms with van der Waals surface area (Å²) in [5, 5.41) is 3.22. The Kier molecular flexibility index (Phi) is 5.17. The number of carbonyl (C=O) groups excluding carboxylic acids is 2. The average molecular weight is 475 g/mol. The molecule has 0 spiro atoms. The van der Waals surface area contributed by atoms with E-state index in [-0.39, 0.29) is 28.6 Å². The van der Waals surface area contributed by atoms with Crippen LogP contribution in [0.2, 0.25) is 0 Å². The predicted molar refractivity (Wildman–Crippen MR) is 136 cm³/mol. The molecule has 2 heterocycles. The summed E-state index contributed by atoms with van der Waals surface area (Å²) in [6, 6.07) is 7.98. The number of nitrogens with one attached hydrogen (secondary N) is 2. The molecule has 1 aromatic carbocycles. The van der Waals surface area contributed by atoms with Crippen LogP contribution in [0.25, 0.3) is 11.0 Å². The number of imidazole rings is 1. The number of carbonyl (C=O) groups is 2. The lowest BCUT2D eigenvalue weighted by Gasteiger charge is -2.59. The van der Waals surface area contributed by atoms with Crippen LogP contribution in [0.1, 0.15) is 71.5 Å². The molecule has 2 amide bonds. The van der Waals surface area contributed by atoms with Crippen LogP contribution in [0.4, 0.5) is 0 Å². The lowest BCUT2D eigenvalue weighted by molar-refractivity contribution is -0.138. The molecule has 6 rings (SSSR count). The minimum atomic E-state index is 0.0453. The van der Waals surface area contributed by atoms with E-state index in [4.69, 9.17) is 0 Å². The van der Waals surface area contributed by atoms with Gasteiger partial charge in [0.15, 0.2) is 0 Å². The molecule has 35 heavy (non-hydrogen) atoms. The number of H-pyrrole nitrogens is 1. The Hall–Kier alpha value is -2.63. The Balaban J connectivity index is 1.21. The molecule has 186 valence electrons. The van der Waals surface area contributed by atoms with Gasteiger partial charge in [-0.05, 0) is 80.8 Å². The van der Waals surface area contributed by atoms with Crippen LogP contribution in [0.3, 0.4) is 0 Å². The number of aromatic amines is 1. The molecule has 1 unspecified atom stereocenters. The maximum atomic E-state index is 13.5. The van der Waals surface area contributed by atoms with E-state index in [0.717, 1.165) is 55.4 Å². The van der Waals surface area contributed by atoms with E-state index < -0.39 is 0 Å². The fraction of sp³-hybridized carbons (Fsp3) is 0.621. The lowest BCUT2D eigenvalue weighted by Crippen LogP contribution is -2.55. The summed E-state index contributed by atoms with van der Waals surface area (Å²) < 4.78 is 0. The molecule has 1 aromatic heterocycles. The normalized spacial score (nSPS) is 36.7. The van der Waals surface area contributed by atoms with E-state index >= 15 is 0 Å². The lowest BCUT2D eigenvalue weighted by atomic mass is 9.48. The number of piperidine rings is 1. The monoisotopic (exact) mass is 474 g/mol. The highest BCUT2D eigenvalue weighted by atomic mass is 16.2. The third kappa shape index (κ3) is 3.31. The predicted octanol–water partition coefficient (Wildman–Crippen LogP) is 5.17. The van der Waals surface area contributed by atoms with Crippen molar-refractivity contribution in [2.24, 2.45) is 34.5 Å². The first-order valence-corrected chi connectivity index (χ1v) is 13.4. The van der Waals surface area contributed by atoms with Gasteiger partial charge in [-0.3, -0.25) is 9.59 Å². The molecule has 4 aliphatic rings. The first kappa shape index (κ1) is 22.8. The number of likely N-dealkylation sites (tertiary alicyclic amines) is 1. The third-order valence-corrected chi connectivity index (χ3v) is 10.5. The number of benzene rings is 1. The van der Waals surface area contributed by atoms with Crippen molar-refractivity contribution in [2.75, 3.05) is 7.05 Å². The number of hydrogen-bond acceptors (Lipinski definition) is 3. The second-order valence-electron chi connectivity index (χ2n) is 12.2. The maximum Gasteiger partial charge on any atom is 0.226 e. The Labute approximate surface area is 207 Å². The molecule has 2 N–H and O–H groups in total. The summed E-state index contributed by atoms with van der Waals surface area (Å²) in [6.45, 7) is 7.50. The van der Waals surface area contributed by atoms with Crippen molar-refractivity contribution >= 4 is 22.8 Å². The van der Waals surface area contributed by atoms with Crippen LogP contribution < -0.4 is 5.32 Å². The van der Waals surface area contributed by atoms with Crippen molar-refractivity contribution in [3.05, 3.63) is 41.4 Å². The number of rotatable bonds is 3. The first-order valence-electron chi connectivity index (χ1n) is 13.4. The molecule has 0 radical (unpaired) electrons. The smallest absolute Gasteiger partial charge is 0.226 e. The van der Waals surface area contributed by atoms with Gasteiger partial charge in [-0.1, -0.05) is 31.6 Å². The highest BCUT2D eigenvalue weighted by molar-refractivity contribution is 5.81. The maximum absolute atomic E-state index is 13.5. The second kappa shape index (κ2) is 7.94. The summed E-state index contributed by atoms with van der Waals surface area (Å²) >= 11 is 0. The number of fused-ring (bicyclic) bond motifs is 6. The van der Waals surface area contributed by atoms with E-state index in [1.165, 1.54) is 11.3 Å². The standard InChI is InChI=1S/C29H38N4O2/c1-17-15-18-19-9-10-21(27(35)30-16-24-31-22-7-5-6-8-23(22)32-24)28(19,2)13-11-20(18)29(3)14-12-25(34)33(4)26(17)29/h5-8,18-21H,9-16H2,1-4H3,(H,30,35)(H,31,32)/t18-,19-,20+,21?,28-,29+/m0/s1. The largest absolute Gasteiger partial charge is 0.349 e. The number of amides is 2. The zero-order chi connectivity index (χ0) is 24.5. The fourth-order valence-corrected chi connectivity index (χ4v) is 8.92. The summed E-state index contributed by atoms with van der Waals surface area (Å²) in [5.74, 6) is 3.10. The van der Waals surface area contributed by atoms with Crippen LogP contribution >= 0.6 is 0 Å². The van der Waals surface area contributed by atoms with Gasteiger partial charge in [0.05, 0.1) is 17.6 Å². The van der Waals surface area contributed by atoms with E-state index in [1.54, 1.807) is 0 Å². The molecule has 1 saturated heterocycles. The molecule has 6 nitrogen and oxygen atoms in total. The Morgan fingerprint density at radius 2 is 1.97 bits per heavy atom. The quantitative estimate of drug-likeness (QED) is 0.644. The first-order chi connectivity index (χ1) is 16.7. The fourth-order valence-electron chi connectivity index (χ4n) is 8.92. The molecule has 0 bridgehead atoms. The van der Waals surface area contributed by atoms with Gasteiger partial charge in [0.1, 0.15) is 5.82 Å². The molecule has 2 aromatic rings. The molecule has 3 aliphatic carbocycles. The summed E-state index contributed by atoms with van der Waals surface area (Å²) in [4.78, 5) is 35.9. The SMILES string of the molecule is CC1=C2N(C)C(=O)CC[C@]2(C)[C@@H]2CC[C@]3(C)C(C(=O)NCc4nc5ccccc5[nH]4)CC[C@H]3[C@@H]2C1. The highest BCUT2D eigenvalue weighted by Gasteiger charge is 2.61. The van der Waals surface area contributed by atoms with E-state index in [0.29, 0.717) is 30.7 Å². The van der Waals surface area contributed by atoms with Gasteiger partial charge in [0.25, 0.3) is 0 Å². The van der Waals surface area contributed by atoms with Crippen molar-refractivity contribution in [1.82, 2.24) is 20.2 Å². The molecule has 6 heteroatoms. The van der Waals surface area contributed by atoms with Crippen molar-refractivity contribution in [3.63, 3.8) is 0 Å². The number of aromatic nitrogens is 2. The average Bonchev–Trinajstić information content (AvgIpc) is 3.40. The van der Waals surface area contributed by atoms with E-state index in [9.17, 15) is 9.59 Å². The molecule has 6 atom stereocenters. The van der Waals surface area contributed by atoms with Gasteiger partial charge >= 0.3 is 0 Å². The van der Waals surface area contributed by atoms with Gasteiger partial charge < -0.3 is 15.2 Å². The second-order valence-corrected chi connectivity index (χ2v) is 12.2. The zero-order valence-corrected chi connectivity index (χ0v) is 21.5. The van der Waals surface area contributed by atoms with Crippen LogP contribution in [-0.4, -0.2) is 33.7 Å². The zero-order valence-electron chi connectivity index (χ0n) is 21.5. The number of nitrogens with zero attached hydrogens (tertiary/aromatic N) is 2. The molecular weight excluding hydrogens is 436 g/mol. The minimum Gasteiger partial charge on any atom is -0.349 e. The molecule has 1 aliphatic heterocycles. The van der Waals surface area contributed by atoms with Crippen LogP contribution in [-0.2, 0) is 16.1 Å². The molecule has 2 saturated carbocycles. The highest BCUT2D eigenvalue weighted by Crippen LogP contribution is 2.66. The van der Waals surface area contributed by atoms with Crippen molar-refractivity contribution in [1.29, 1.82) is 0 Å². The van der Waals surface area contributed by atoms with Gasteiger partial charge in [-0.2, -0.15) is 0 Å². The number of para-hydroxylation sites is 2. The molecule has 3 fully saturated rings. The van der Waals surface area contributed by atoms with Crippen molar-refractivity contribution in [2.45, 2.75) is 72.3 Å². The van der Waals surface area contributed by atoms with E-state index in [2.05, 4.69) is 36.1 Å². The van der Waals surface area contributed by atoms with Gasteiger partial charge in [0, 0.05) is 30.5 Å².